The Morgan fingerprint density at radius 2 is 2.00 bits per heavy atom. The third-order valence-electron chi connectivity index (χ3n) is 3.99. The average Bonchev–Trinajstić information content (AvgIpc) is 3.05. The molecule has 2 atom stereocenters. The van der Waals surface area contributed by atoms with E-state index in [1.807, 2.05) is 0 Å². The highest BCUT2D eigenvalue weighted by Gasteiger charge is 2.32. The Hall–Kier alpha value is -1.87. The molecular formula is C14H20N2O6S. The van der Waals surface area contributed by atoms with Gasteiger partial charge in [-0.05, 0) is 26.2 Å². The van der Waals surface area contributed by atoms with Crippen molar-refractivity contribution < 1.29 is 27.5 Å². The van der Waals surface area contributed by atoms with Crippen molar-refractivity contribution in [3.63, 3.8) is 0 Å². The largest absolute Gasteiger partial charge is 0.481 e. The number of nitrogens with zero attached hydrogens (tertiary/aromatic N) is 1. The number of carbonyl (C=O) groups excluding carboxylic acids is 1. The number of furan rings is 1. The first-order valence-corrected chi connectivity index (χ1v) is 8.63. The van der Waals surface area contributed by atoms with Crippen molar-refractivity contribution in [1.29, 1.82) is 0 Å². The quantitative estimate of drug-likeness (QED) is 0.817. The van der Waals surface area contributed by atoms with Crippen LogP contribution in [-0.2, 0) is 14.8 Å². The second-order valence-electron chi connectivity index (χ2n) is 5.84. The van der Waals surface area contributed by atoms with Gasteiger partial charge in [-0.2, -0.15) is 0 Å². The maximum atomic E-state index is 12.3. The van der Waals surface area contributed by atoms with Gasteiger partial charge >= 0.3 is 5.97 Å². The second kappa shape index (κ2) is 6.32. The van der Waals surface area contributed by atoms with Gasteiger partial charge in [0.2, 0.25) is 5.09 Å². The first-order chi connectivity index (χ1) is 10.6. The van der Waals surface area contributed by atoms with Crippen LogP contribution in [0.3, 0.4) is 0 Å². The van der Waals surface area contributed by atoms with Crippen LogP contribution in [0.15, 0.2) is 15.6 Å². The lowest BCUT2D eigenvalue weighted by molar-refractivity contribution is -0.141. The zero-order valence-corrected chi connectivity index (χ0v) is 14.0. The molecule has 0 spiro atoms. The van der Waals surface area contributed by atoms with Gasteiger partial charge in [0.1, 0.15) is 5.76 Å². The van der Waals surface area contributed by atoms with E-state index in [1.54, 1.807) is 0 Å². The van der Waals surface area contributed by atoms with Crippen LogP contribution in [0.2, 0.25) is 0 Å². The number of sulfonamides is 1. The minimum absolute atomic E-state index is 0.143. The molecule has 1 aromatic rings. The normalized spacial score (nSPS) is 21.6. The molecule has 0 unspecified atom stereocenters. The summed E-state index contributed by atoms with van der Waals surface area (Å²) in [6.07, 6.45) is 1.48. The highest BCUT2D eigenvalue weighted by Crippen LogP contribution is 2.27. The summed E-state index contributed by atoms with van der Waals surface area (Å²) < 4.78 is 30.2. The summed E-state index contributed by atoms with van der Waals surface area (Å²) in [5.41, 5.74) is 0.143. The van der Waals surface area contributed by atoms with Gasteiger partial charge in [-0.15, -0.1) is 0 Å². The maximum absolute atomic E-state index is 12.3. The van der Waals surface area contributed by atoms with Crippen molar-refractivity contribution in [2.24, 2.45) is 5.92 Å². The molecule has 23 heavy (non-hydrogen) atoms. The first-order valence-electron chi connectivity index (χ1n) is 7.19. The van der Waals surface area contributed by atoms with E-state index in [2.05, 4.69) is 5.32 Å². The van der Waals surface area contributed by atoms with Gasteiger partial charge in [-0.1, -0.05) is 0 Å². The number of amides is 1. The molecule has 1 aromatic heterocycles. The maximum Gasteiger partial charge on any atom is 0.306 e. The van der Waals surface area contributed by atoms with Gasteiger partial charge in [0.25, 0.3) is 15.9 Å². The van der Waals surface area contributed by atoms with Gasteiger partial charge in [0.05, 0.1) is 11.5 Å². The highest BCUT2D eigenvalue weighted by atomic mass is 32.2. The molecule has 1 heterocycles. The summed E-state index contributed by atoms with van der Waals surface area (Å²) in [4.78, 5) is 23.2. The molecule has 1 amide bonds. The molecule has 0 bridgehead atoms. The number of aliphatic carboxylic acids is 1. The molecule has 1 aliphatic rings. The van der Waals surface area contributed by atoms with Crippen LogP contribution in [0.1, 0.15) is 35.4 Å². The summed E-state index contributed by atoms with van der Waals surface area (Å²) in [5.74, 6) is -1.56. The molecule has 0 aromatic carbocycles. The van der Waals surface area contributed by atoms with Gasteiger partial charge in [0, 0.05) is 26.2 Å². The third-order valence-corrected chi connectivity index (χ3v) is 5.66. The van der Waals surface area contributed by atoms with Crippen molar-refractivity contribution in [2.75, 3.05) is 14.1 Å². The number of hydrogen-bond donors (Lipinski definition) is 2. The Morgan fingerprint density at radius 3 is 2.52 bits per heavy atom. The summed E-state index contributed by atoms with van der Waals surface area (Å²) in [6.45, 7) is 1.51. The van der Waals surface area contributed by atoms with Crippen LogP contribution in [-0.4, -0.2) is 49.8 Å². The van der Waals surface area contributed by atoms with Crippen LogP contribution in [0, 0.1) is 12.8 Å². The molecule has 8 nitrogen and oxygen atoms in total. The smallest absolute Gasteiger partial charge is 0.306 e. The Labute approximate surface area is 134 Å². The lowest BCUT2D eigenvalue weighted by atomic mass is 10.1. The zero-order valence-electron chi connectivity index (χ0n) is 13.2. The van der Waals surface area contributed by atoms with Crippen molar-refractivity contribution >= 4 is 21.9 Å². The number of aryl methyl sites for hydroxylation is 1. The summed E-state index contributed by atoms with van der Waals surface area (Å²) >= 11 is 0. The fourth-order valence-electron chi connectivity index (χ4n) is 2.59. The molecule has 0 saturated heterocycles. The highest BCUT2D eigenvalue weighted by molar-refractivity contribution is 7.88. The number of carboxylic acids is 1. The number of hydrogen-bond acceptors (Lipinski definition) is 5. The molecule has 0 radical (unpaired) electrons. The van der Waals surface area contributed by atoms with Crippen molar-refractivity contribution in [2.45, 2.75) is 37.3 Å². The summed E-state index contributed by atoms with van der Waals surface area (Å²) in [5, 5.41) is 11.4. The van der Waals surface area contributed by atoms with E-state index in [0.29, 0.717) is 19.3 Å². The molecule has 2 rings (SSSR count). The van der Waals surface area contributed by atoms with Crippen molar-refractivity contribution in [3.8, 4) is 0 Å². The van der Waals surface area contributed by atoms with Gasteiger partial charge < -0.3 is 14.8 Å². The van der Waals surface area contributed by atoms with Crippen LogP contribution >= 0.6 is 0 Å². The van der Waals surface area contributed by atoms with Crippen LogP contribution in [0.5, 0.6) is 0 Å². The molecule has 0 aliphatic heterocycles. The topological polar surface area (TPSA) is 117 Å². The van der Waals surface area contributed by atoms with Crippen LogP contribution < -0.4 is 5.32 Å². The predicted octanol–water partition coefficient (Wildman–Crippen LogP) is 0.821. The lowest BCUT2D eigenvalue weighted by Crippen LogP contribution is -2.33. The fraction of sp³-hybridized carbons (Fsp3) is 0.571. The molecule has 9 heteroatoms. The molecule has 1 aliphatic carbocycles. The van der Waals surface area contributed by atoms with E-state index in [4.69, 9.17) is 9.52 Å². The summed E-state index contributed by atoms with van der Waals surface area (Å²) in [6, 6.07) is 0.968. The molecule has 1 fully saturated rings. The SMILES string of the molecule is Cc1oc(S(=O)(=O)N(C)C)cc1C(=O)N[C@H]1CC[C@@H](C(=O)O)C1. The van der Waals surface area contributed by atoms with Gasteiger partial charge in [0.15, 0.2) is 0 Å². The van der Waals surface area contributed by atoms with E-state index >= 15 is 0 Å². The molecule has 2 N–H and O–H groups in total. The van der Waals surface area contributed by atoms with Crippen LogP contribution in [0.25, 0.3) is 0 Å². The van der Waals surface area contributed by atoms with Crippen LogP contribution in [0.4, 0.5) is 0 Å². The van der Waals surface area contributed by atoms with Gasteiger partial charge in [-0.25, -0.2) is 12.7 Å². The Bertz CT molecular complexity index is 722. The average molecular weight is 344 g/mol. The monoisotopic (exact) mass is 344 g/mol. The Balaban J connectivity index is 2.12. The van der Waals surface area contributed by atoms with E-state index in [9.17, 15) is 18.0 Å². The molecular weight excluding hydrogens is 324 g/mol. The van der Waals surface area contributed by atoms with E-state index in [1.165, 1.54) is 27.1 Å². The predicted molar refractivity (Wildman–Crippen MR) is 80.5 cm³/mol. The second-order valence-corrected chi connectivity index (χ2v) is 7.92. The minimum atomic E-state index is -3.75. The number of rotatable bonds is 5. The molecule has 1 saturated carbocycles. The van der Waals surface area contributed by atoms with E-state index in [-0.39, 0.29) is 22.5 Å². The van der Waals surface area contributed by atoms with E-state index < -0.39 is 27.8 Å². The van der Waals surface area contributed by atoms with Crippen molar-refractivity contribution in [1.82, 2.24) is 9.62 Å². The lowest BCUT2D eigenvalue weighted by Gasteiger charge is -2.11. The number of nitrogens with one attached hydrogen (secondary N) is 1. The standard InChI is InChI=1S/C14H20N2O6S/c1-8-11(7-12(22-8)23(20,21)16(2)3)13(17)15-10-5-4-9(6-10)14(18)19/h7,9-10H,4-6H2,1-3H3,(H,15,17)(H,18,19)/t9-,10+/m1/s1. The van der Waals surface area contributed by atoms with Crippen molar-refractivity contribution in [3.05, 3.63) is 17.4 Å². The molecule has 128 valence electrons. The number of carbonyl (C=O) groups is 2. The Kier molecular flexibility index (Phi) is 4.81. The summed E-state index contributed by atoms with van der Waals surface area (Å²) in [7, 11) is -1.01. The fourth-order valence-corrected chi connectivity index (χ4v) is 3.44. The first kappa shape index (κ1) is 17.5. The van der Waals surface area contributed by atoms with E-state index in [0.717, 1.165) is 4.31 Å². The zero-order chi connectivity index (χ0) is 17.4. The van der Waals surface area contributed by atoms with Gasteiger partial charge in [-0.3, -0.25) is 9.59 Å². The minimum Gasteiger partial charge on any atom is -0.481 e. The number of carboxylic acid groups (broad SMARTS) is 1. The third kappa shape index (κ3) is 3.56. The Morgan fingerprint density at radius 1 is 1.35 bits per heavy atom.